The lowest BCUT2D eigenvalue weighted by atomic mass is 9.92. The number of hydrogen-bond acceptors (Lipinski definition) is 3. The van der Waals surface area contributed by atoms with Crippen LogP contribution in [0.3, 0.4) is 0 Å². The van der Waals surface area contributed by atoms with Gasteiger partial charge in [-0.05, 0) is 56.6 Å². The van der Waals surface area contributed by atoms with Gasteiger partial charge >= 0.3 is 0 Å². The van der Waals surface area contributed by atoms with Crippen molar-refractivity contribution >= 4 is 64.9 Å². The Morgan fingerprint density at radius 1 is 0.353 bits per heavy atom. The number of nitrogens with zero attached hydrogens (tertiary/aromatic N) is 4. The van der Waals surface area contributed by atoms with Gasteiger partial charge in [-0.25, -0.2) is 15.0 Å². The zero-order chi connectivity index (χ0) is 33.5. The molecule has 0 unspecified atom stereocenters. The second kappa shape index (κ2) is 10.8. The van der Waals surface area contributed by atoms with E-state index in [4.69, 9.17) is 15.0 Å². The number of rotatable bonds is 4. The maximum atomic E-state index is 5.11. The summed E-state index contributed by atoms with van der Waals surface area (Å²) in [7, 11) is 0. The maximum Gasteiger partial charge on any atom is 0.164 e. The van der Waals surface area contributed by atoms with Crippen LogP contribution in [0, 0.1) is 0 Å². The van der Waals surface area contributed by atoms with Crippen LogP contribution in [0.1, 0.15) is 0 Å². The molecule has 0 radical (unpaired) electrons. The topological polar surface area (TPSA) is 43.6 Å². The fourth-order valence-corrected chi connectivity index (χ4v) is 8.17. The number of benzene rings is 9. The standard InChI is InChI=1S/C47H28N4/c1-3-14-29(15-4-1)45-48-46(30-16-5-2-6-17-30)50-47(49-45)38-26-27-40(36-23-12-11-22-35(36)38)51-41-25-13-24-37-33-20-9-10-21-34(33)39-28-31-18-7-8-19-32(31)44(51)43(39)42(37)41/h1-28H. The Morgan fingerprint density at radius 2 is 0.902 bits per heavy atom. The second-order valence-electron chi connectivity index (χ2n) is 13.2. The van der Waals surface area contributed by atoms with Gasteiger partial charge in [0.2, 0.25) is 0 Å². The van der Waals surface area contributed by atoms with E-state index in [9.17, 15) is 0 Å². The van der Waals surface area contributed by atoms with E-state index in [0.29, 0.717) is 17.5 Å². The summed E-state index contributed by atoms with van der Waals surface area (Å²) in [6, 6.07) is 60.2. The first-order valence-corrected chi connectivity index (χ1v) is 17.3. The van der Waals surface area contributed by atoms with Crippen molar-refractivity contribution in [3.05, 3.63) is 170 Å². The quantitative estimate of drug-likeness (QED) is 0.141. The van der Waals surface area contributed by atoms with E-state index in [0.717, 1.165) is 33.2 Å². The fraction of sp³-hybridized carbons (Fsp3) is 0. The van der Waals surface area contributed by atoms with Gasteiger partial charge in [0.1, 0.15) is 0 Å². The van der Waals surface area contributed by atoms with Crippen molar-refractivity contribution in [2.75, 3.05) is 0 Å². The van der Waals surface area contributed by atoms with Crippen LogP contribution in [-0.4, -0.2) is 19.5 Å². The lowest BCUT2D eigenvalue weighted by molar-refractivity contribution is 1.08. The Morgan fingerprint density at radius 3 is 1.61 bits per heavy atom. The largest absolute Gasteiger partial charge is 0.308 e. The van der Waals surface area contributed by atoms with Crippen LogP contribution in [0.4, 0.5) is 0 Å². The number of fused-ring (bicyclic) bond motifs is 6. The Bertz CT molecular complexity index is 3070. The van der Waals surface area contributed by atoms with Crippen LogP contribution < -0.4 is 0 Å². The Labute approximate surface area is 293 Å². The molecule has 0 aliphatic rings. The lowest BCUT2D eigenvalue weighted by Gasteiger charge is -2.16. The maximum absolute atomic E-state index is 5.11. The molecule has 51 heavy (non-hydrogen) atoms. The van der Waals surface area contributed by atoms with Crippen LogP contribution in [0.2, 0.25) is 0 Å². The van der Waals surface area contributed by atoms with Gasteiger partial charge in [0.15, 0.2) is 17.5 Å². The van der Waals surface area contributed by atoms with Crippen molar-refractivity contribution in [1.82, 2.24) is 19.5 Å². The predicted octanol–water partition coefficient (Wildman–Crippen LogP) is 12.0. The summed E-state index contributed by atoms with van der Waals surface area (Å²) < 4.78 is 2.50. The zero-order valence-corrected chi connectivity index (χ0v) is 27.5. The molecule has 2 aromatic heterocycles. The fourth-order valence-electron chi connectivity index (χ4n) is 8.17. The van der Waals surface area contributed by atoms with Crippen LogP contribution in [-0.2, 0) is 0 Å². The normalized spacial score (nSPS) is 11.9. The molecule has 2 heterocycles. The van der Waals surface area contributed by atoms with Crippen LogP contribution in [0.15, 0.2) is 170 Å². The smallest absolute Gasteiger partial charge is 0.164 e. The van der Waals surface area contributed by atoms with Gasteiger partial charge in [-0.15, -0.1) is 0 Å². The summed E-state index contributed by atoms with van der Waals surface area (Å²) in [5.74, 6) is 1.95. The summed E-state index contributed by atoms with van der Waals surface area (Å²) in [5.41, 5.74) is 6.43. The molecule has 0 aliphatic heterocycles. The van der Waals surface area contributed by atoms with E-state index >= 15 is 0 Å². The molecule has 0 saturated carbocycles. The van der Waals surface area contributed by atoms with Gasteiger partial charge in [0.25, 0.3) is 0 Å². The molecule has 0 bridgehead atoms. The van der Waals surface area contributed by atoms with Crippen molar-refractivity contribution in [2.45, 2.75) is 0 Å². The summed E-state index contributed by atoms with van der Waals surface area (Å²) in [4.78, 5) is 15.2. The van der Waals surface area contributed by atoms with Crippen molar-refractivity contribution in [3.63, 3.8) is 0 Å². The third-order valence-corrected chi connectivity index (χ3v) is 10.4. The van der Waals surface area contributed by atoms with E-state index in [2.05, 4.69) is 138 Å². The molecule has 0 saturated heterocycles. The molecule has 0 atom stereocenters. The molecule has 0 fully saturated rings. The lowest BCUT2D eigenvalue weighted by Crippen LogP contribution is -2.01. The molecule has 0 aliphatic carbocycles. The van der Waals surface area contributed by atoms with Gasteiger partial charge in [-0.2, -0.15) is 0 Å². The van der Waals surface area contributed by atoms with Crippen molar-refractivity contribution in [3.8, 4) is 39.9 Å². The third kappa shape index (κ3) is 4.11. The summed E-state index contributed by atoms with van der Waals surface area (Å²) in [5, 5.41) is 12.4. The van der Waals surface area contributed by atoms with Gasteiger partial charge < -0.3 is 4.57 Å². The summed E-state index contributed by atoms with van der Waals surface area (Å²) >= 11 is 0. The number of aromatic nitrogens is 4. The SMILES string of the molecule is c1ccc(-c2nc(-c3ccccc3)nc(-c3ccc(-n4c5cccc6c7ccccc7c7cc8ccccc8c4c7c65)c4ccccc34)n2)cc1. The molecule has 4 heteroatoms. The van der Waals surface area contributed by atoms with Crippen molar-refractivity contribution in [1.29, 1.82) is 0 Å². The Hall–Kier alpha value is -6.91. The highest BCUT2D eigenvalue weighted by Gasteiger charge is 2.23. The van der Waals surface area contributed by atoms with E-state index in [1.165, 1.54) is 54.1 Å². The minimum Gasteiger partial charge on any atom is -0.308 e. The molecule has 0 amide bonds. The van der Waals surface area contributed by atoms with Crippen molar-refractivity contribution in [2.24, 2.45) is 0 Å². The van der Waals surface area contributed by atoms with Gasteiger partial charge in [0, 0.05) is 38.2 Å². The molecule has 4 nitrogen and oxygen atoms in total. The minimum atomic E-state index is 0.649. The predicted molar refractivity (Wildman–Crippen MR) is 212 cm³/mol. The highest BCUT2D eigenvalue weighted by Crippen LogP contribution is 2.47. The Kier molecular flexibility index (Phi) is 5.92. The number of hydrogen-bond donors (Lipinski definition) is 0. The molecular formula is C47H28N4. The van der Waals surface area contributed by atoms with E-state index in [-0.39, 0.29) is 0 Å². The third-order valence-electron chi connectivity index (χ3n) is 10.4. The molecular weight excluding hydrogens is 621 g/mol. The summed E-state index contributed by atoms with van der Waals surface area (Å²) in [6.45, 7) is 0. The summed E-state index contributed by atoms with van der Waals surface area (Å²) in [6.07, 6.45) is 0. The molecule has 0 spiro atoms. The Balaban J connectivity index is 1.24. The first kappa shape index (κ1) is 28.0. The van der Waals surface area contributed by atoms with Crippen LogP contribution in [0.25, 0.3) is 105 Å². The first-order valence-electron chi connectivity index (χ1n) is 17.3. The first-order chi connectivity index (χ1) is 25.3. The van der Waals surface area contributed by atoms with E-state index in [1.54, 1.807) is 0 Å². The molecule has 0 N–H and O–H groups in total. The van der Waals surface area contributed by atoms with Gasteiger partial charge in [-0.1, -0.05) is 146 Å². The van der Waals surface area contributed by atoms with Crippen molar-refractivity contribution < 1.29 is 0 Å². The zero-order valence-electron chi connectivity index (χ0n) is 27.5. The van der Waals surface area contributed by atoms with E-state index in [1.807, 2.05) is 36.4 Å². The van der Waals surface area contributed by atoms with Gasteiger partial charge in [0.05, 0.1) is 16.7 Å². The monoisotopic (exact) mass is 648 g/mol. The van der Waals surface area contributed by atoms with Gasteiger partial charge in [-0.3, -0.25) is 0 Å². The average molecular weight is 649 g/mol. The average Bonchev–Trinajstić information content (AvgIpc) is 3.56. The second-order valence-corrected chi connectivity index (χ2v) is 13.2. The minimum absolute atomic E-state index is 0.649. The highest BCUT2D eigenvalue weighted by atomic mass is 15.0. The van der Waals surface area contributed by atoms with Crippen LogP contribution in [0.5, 0.6) is 0 Å². The molecule has 11 aromatic rings. The van der Waals surface area contributed by atoms with Crippen LogP contribution >= 0.6 is 0 Å². The molecule has 236 valence electrons. The highest BCUT2D eigenvalue weighted by molar-refractivity contribution is 6.38. The molecule has 9 aromatic carbocycles. The molecule has 11 rings (SSSR count). The van der Waals surface area contributed by atoms with E-state index < -0.39 is 0 Å².